The number of amides is 1. The van der Waals surface area contributed by atoms with Gasteiger partial charge in [0.05, 0.1) is 13.0 Å². The summed E-state index contributed by atoms with van der Waals surface area (Å²) in [6, 6.07) is 6.13. The van der Waals surface area contributed by atoms with Crippen LogP contribution in [0.25, 0.3) is 0 Å². The lowest BCUT2D eigenvalue weighted by molar-refractivity contribution is -0.127. The largest absolute Gasteiger partial charge is 0.497 e. The van der Waals surface area contributed by atoms with Crippen LogP contribution in [0.3, 0.4) is 0 Å². The Morgan fingerprint density at radius 2 is 2.15 bits per heavy atom. The fraction of sp³-hybridized carbons (Fsp3) is 0.562. The number of ether oxygens (including phenoxy) is 2. The van der Waals surface area contributed by atoms with Gasteiger partial charge in [-0.25, -0.2) is 0 Å². The Morgan fingerprint density at radius 3 is 2.90 bits per heavy atom. The molecule has 0 spiro atoms. The maximum absolute atomic E-state index is 12.3. The molecule has 0 aromatic heterocycles. The molecule has 4 heteroatoms. The van der Waals surface area contributed by atoms with Gasteiger partial charge < -0.3 is 14.8 Å². The van der Waals surface area contributed by atoms with Crippen LogP contribution in [0.2, 0.25) is 0 Å². The number of nitrogens with one attached hydrogen (secondary N) is 1. The summed E-state index contributed by atoms with van der Waals surface area (Å²) in [5, 5.41) is 3.16. The van der Waals surface area contributed by atoms with E-state index in [-0.39, 0.29) is 11.8 Å². The molecule has 4 nitrogen and oxygen atoms in total. The summed E-state index contributed by atoms with van der Waals surface area (Å²) in [7, 11) is 1.65. The molecule has 1 fully saturated rings. The maximum Gasteiger partial charge on any atom is 0.227 e. The predicted octanol–water partition coefficient (Wildman–Crippen LogP) is 2.31. The SMILES string of the molecule is COc1ccc2c(c1)CC(C(=O)NC1CCCC1)CO2. The molecule has 1 aromatic carbocycles. The van der Waals surface area contributed by atoms with Crippen molar-refractivity contribution >= 4 is 5.91 Å². The summed E-state index contributed by atoms with van der Waals surface area (Å²) >= 11 is 0. The second kappa shape index (κ2) is 5.73. The summed E-state index contributed by atoms with van der Waals surface area (Å²) in [5.74, 6) is 1.72. The molecule has 3 rings (SSSR count). The molecule has 1 aromatic rings. The molecular weight excluding hydrogens is 254 g/mol. The van der Waals surface area contributed by atoms with Gasteiger partial charge in [0.2, 0.25) is 5.91 Å². The van der Waals surface area contributed by atoms with Crippen LogP contribution in [0.1, 0.15) is 31.2 Å². The van der Waals surface area contributed by atoms with Crippen LogP contribution in [0, 0.1) is 5.92 Å². The summed E-state index contributed by atoms with van der Waals surface area (Å²) in [6.07, 6.45) is 5.41. The van der Waals surface area contributed by atoms with Crippen molar-refractivity contribution in [1.82, 2.24) is 5.32 Å². The third kappa shape index (κ3) is 2.74. The number of hydrogen-bond acceptors (Lipinski definition) is 3. The average molecular weight is 275 g/mol. The van der Waals surface area contributed by atoms with Crippen LogP contribution in [0.5, 0.6) is 11.5 Å². The highest BCUT2D eigenvalue weighted by Crippen LogP contribution is 2.31. The number of hydrogen-bond donors (Lipinski definition) is 1. The molecule has 1 saturated carbocycles. The minimum atomic E-state index is -0.0878. The number of benzene rings is 1. The van der Waals surface area contributed by atoms with Crippen LogP contribution >= 0.6 is 0 Å². The standard InChI is InChI=1S/C16H21NO3/c1-19-14-6-7-15-11(9-14)8-12(10-20-15)16(18)17-13-4-2-3-5-13/h6-7,9,12-13H,2-5,8,10H2,1H3,(H,17,18). The molecule has 1 unspecified atom stereocenters. The first-order chi connectivity index (χ1) is 9.76. The third-order valence-electron chi connectivity index (χ3n) is 4.25. The van der Waals surface area contributed by atoms with Gasteiger partial charge in [-0.1, -0.05) is 12.8 Å². The van der Waals surface area contributed by atoms with Gasteiger partial charge in [0.1, 0.15) is 18.1 Å². The highest BCUT2D eigenvalue weighted by Gasteiger charge is 2.28. The van der Waals surface area contributed by atoms with Crippen molar-refractivity contribution in [1.29, 1.82) is 0 Å². The highest BCUT2D eigenvalue weighted by atomic mass is 16.5. The van der Waals surface area contributed by atoms with Crippen molar-refractivity contribution in [2.75, 3.05) is 13.7 Å². The Balaban J connectivity index is 1.66. The first-order valence-corrected chi connectivity index (χ1v) is 7.36. The van der Waals surface area contributed by atoms with Gasteiger partial charge in [-0.2, -0.15) is 0 Å². The molecule has 1 atom stereocenters. The van der Waals surface area contributed by atoms with E-state index in [1.165, 1.54) is 12.8 Å². The average Bonchev–Trinajstić information content (AvgIpc) is 2.99. The Labute approximate surface area is 119 Å². The van der Waals surface area contributed by atoms with Gasteiger partial charge in [-0.15, -0.1) is 0 Å². The monoisotopic (exact) mass is 275 g/mol. The van der Waals surface area contributed by atoms with E-state index >= 15 is 0 Å². The van der Waals surface area contributed by atoms with Crippen LogP contribution in [0.15, 0.2) is 18.2 Å². The van der Waals surface area contributed by atoms with Crippen molar-refractivity contribution < 1.29 is 14.3 Å². The minimum absolute atomic E-state index is 0.0878. The third-order valence-corrected chi connectivity index (χ3v) is 4.25. The Bertz CT molecular complexity index is 494. The quantitative estimate of drug-likeness (QED) is 0.921. The number of carbonyl (C=O) groups is 1. The molecule has 20 heavy (non-hydrogen) atoms. The smallest absolute Gasteiger partial charge is 0.227 e. The Morgan fingerprint density at radius 1 is 1.35 bits per heavy atom. The molecule has 1 amide bonds. The van der Waals surface area contributed by atoms with E-state index in [1.54, 1.807) is 7.11 Å². The summed E-state index contributed by atoms with van der Waals surface area (Å²) < 4.78 is 10.9. The lowest BCUT2D eigenvalue weighted by Crippen LogP contribution is -2.41. The minimum Gasteiger partial charge on any atom is -0.497 e. The van der Waals surface area contributed by atoms with Crippen LogP contribution in [-0.2, 0) is 11.2 Å². The van der Waals surface area contributed by atoms with Crippen LogP contribution in [0.4, 0.5) is 0 Å². The Hall–Kier alpha value is -1.71. The van der Waals surface area contributed by atoms with E-state index in [0.717, 1.165) is 36.3 Å². The van der Waals surface area contributed by atoms with E-state index in [9.17, 15) is 4.79 Å². The fourth-order valence-electron chi connectivity index (χ4n) is 3.06. The summed E-state index contributed by atoms with van der Waals surface area (Å²) in [6.45, 7) is 0.470. The fourth-order valence-corrected chi connectivity index (χ4v) is 3.06. The molecule has 1 heterocycles. The zero-order valence-electron chi connectivity index (χ0n) is 11.9. The molecule has 0 bridgehead atoms. The molecule has 108 valence electrons. The lowest BCUT2D eigenvalue weighted by atomic mass is 9.95. The summed E-state index contributed by atoms with van der Waals surface area (Å²) in [5.41, 5.74) is 1.06. The van der Waals surface area contributed by atoms with Crippen LogP contribution < -0.4 is 14.8 Å². The number of methoxy groups -OCH3 is 1. The van der Waals surface area contributed by atoms with Gasteiger partial charge >= 0.3 is 0 Å². The van der Waals surface area contributed by atoms with Crippen molar-refractivity contribution in [2.45, 2.75) is 38.1 Å². The molecular formula is C16H21NO3. The molecule has 2 aliphatic rings. The first-order valence-electron chi connectivity index (χ1n) is 7.36. The molecule has 1 aliphatic carbocycles. The zero-order valence-corrected chi connectivity index (χ0v) is 11.9. The van der Waals surface area contributed by atoms with Crippen molar-refractivity contribution in [3.05, 3.63) is 23.8 Å². The molecule has 0 saturated heterocycles. The van der Waals surface area contributed by atoms with E-state index < -0.39 is 0 Å². The topological polar surface area (TPSA) is 47.6 Å². The number of carbonyl (C=O) groups excluding carboxylic acids is 1. The normalized spacial score (nSPS) is 21.9. The molecule has 1 aliphatic heterocycles. The molecule has 0 radical (unpaired) electrons. The maximum atomic E-state index is 12.3. The van der Waals surface area contributed by atoms with Crippen molar-refractivity contribution in [3.8, 4) is 11.5 Å². The van der Waals surface area contributed by atoms with Crippen molar-refractivity contribution in [3.63, 3.8) is 0 Å². The first kappa shape index (κ1) is 13.3. The van der Waals surface area contributed by atoms with E-state index in [0.29, 0.717) is 12.6 Å². The number of rotatable bonds is 3. The molecule has 1 N–H and O–H groups in total. The number of fused-ring (bicyclic) bond motifs is 1. The second-order valence-electron chi connectivity index (χ2n) is 5.68. The van der Waals surface area contributed by atoms with E-state index in [4.69, 9.17) is 9.47 Å². The Kier molecular flexibility index (Phi) is 3.81. The van der Waals surface area contributed by atoms with Gasteiger partial charge in [0.15, 0.2) is 0 Å². The second-order valence-corrected chi connectivity index (χ2v) is 5.68. The van der Waals surface area contributed by atoms with Gasteiger partial charge in [-0.05, 0) is 43.0 Å². The van der Waals surface area contributed by atoms with Crippen LogP contribution in [-0.4, -0.2) is 25.7 Å². The van der Waals surface area contributed by atoms with E-state index in [2.05, 4.69) is 5.32 Å². The van der Waals surface area contributed by atoms with Gasteiger partial charge in [0, 0.05) is 6.04 Å². The summed E-state index contributed by atoms with van der Waals surface area (Å²) in [4.78, 5) is 12.3. The van der Waals surface area contributed by atoms with Gasteiger partial charge in [-0.3, -0.25) is 4.79 Å². The lowest BCUT2D eigenvalue weighted by Gasteiger charge is -2.26. The zero-order chi connectivity index (χ0) is 13.9. The van der Waals surface area contributed by atoms with Gasteiger partial charge in [0.25, 0.3) is 0 Å². The van der Waals surface area contributed by atoms with Crippen molar-refractivity contribution in [2.24, 2.45) is 5.92 Å². The highest BCUT2D eigenvalue weighted by molar-refractivity contribution is 5.80. The predicted molar refractivity (Wildman–Crippen MR) is 76.1 cm³/mol. The van der Waals surface area contributed by atoms with E-state index in [1.807, 2.05) is 18.2 Å².